The van der Waals surface area contributed by atoms with Crippen molar-refractivity contribution in [1.29, 1.82) is 0 Å². The number of aromatic carboxylic acids is 1. The summed E-state index contributed by atoms with van der Waals surface area (Å²) >= 11 is 0. The molecule has 1 aromatic rings. The van der Waals surface area contributed by atoms with Gasteiger partial charge in [-0.3, -0.25) is 4.79 Å². The van der Waals surface area contributed by atoms with Gasteiger partial charge < -0.3 is 20.6 Å². The fourth-order valence-electron chi connectivity index (χ4n) is 1.12. The van der Waals surface area contributed by atoms with E-state index in [1.54, 1.807) is 0 Å². The minimum Gasteiger partial charge on any atom is -0.507 e. The first-order valence-electron chi connectivity index (χ1n) is 4.68. The van der Waals surface area contributed by atoms with Gasteiger partial charge in [0.05, 0.1) is 0 Å². The summed E-state index contributed by atoms with van der Waals surface area (Å²) < 4.78 is 0. The molecule has 0 spiro atoms. The van der Waals surface area contributed by atoms with Gasteiger partial charge in [-0.1, -0.05) is 0 Å². The number of benzene rings is 1. The van der Waals surface area contributed by atoms with E-state index in [9.17, 15) is 19.5 Å². The molecule has 0 aromatic heterocycles. The quantitative estimate of drug-likeness (QED) is 0.460. The minimum absolute atomic E-state index is 0.130. The fourth-order valence-corrected chi connectivity index (χ4v) is 1.12. The predicted octanol–water partition coefficient (Wildman–Crippen LogP) is 0.670. The van der Waals surface area contributed by atoms with Crippen molar-refractivity contribution in [2.45, 2.75) is 0 Å². The van der Waals surface area contributed by atoms with Crippen molar-refractivity contribution in [1.82, 2.24) is 0 Å². The lowest BCUT2D eigenvalue weighted by Crippen LogP contribution is -2.09. The molecule has 0 saturated heterocycles. The molecule has 18 heavy (non-hydrogen) atoms. The summed E-state index contributed by atoms with van der Waals surface area (Å²) in [4.78, 5) is 32.1. The molecule has 7 heteroatoms. The summed E-state index contributed by atoms with van der Waals surface area (Å²) in [6, 6.07) is 3.46. The van der Waals surface area contributed by atoms with Crippen molar-refractivity contribution in [3.05, 3.63) is 35.9 Å². The Morgan fingerprint density at radius 2 is 1.78 bits per heavy atom. The first-order chi connectivity index (χ1) is 8.40. The monoisotopic (exact) mass is 251 g/mol. The Labute approximate surface area is 101 Å². The summed E-state index contributed by atoms with van der Waals surface area (Å²) in [5.41, 5.74) is -0.236. The molecule has 0 radical (unpaired) electrons. The van der Waals surface area contributed by atoms with Gasteiger partial charge in [-0.2, -0.15) is 0 Å². The maximum Gasteiger partial charge on any atom is 0.339 e. The topological polar surface area (TPSA) is 124 Å². The van der Waals surface area contributed by atoms with Gasteiger partial charge in [-0.15, -0.1) is 0 Å². The zero-order valence-corrected chi connectivity index (χ0v) is 8.95. The molecule has 0 atom stereocenters. The van der Waals surface area contributed by atoms with Gasteiger partial charge in [0, 0.05) is 17.8 Å². The SMILES string of the molecule is O=C(O)/C=C\C(=O)Nc1ccc(O)c(C(=O)O)c1. The smallest absolute Gasteiger partial charge is 0.339 e. The molecule has 7 nitrogen and oxygen atoms in total. The third-order valence-electron chi connectivity index (χ3n) is 1.87. The Kier molecular flexibility index (Phi) is 4.03. The highest BCUT2D eigenvalue weighted by molar-refractivity contribution is 6.03. The van der Waals surface area contributed by atoms with Crippen LogP contribution in [-0.4, -0.2) is 33.2 Å². The number of carboxylic acid groups (broad SMARTS) is 2. The number of rotatable bonds is 4. The number of hydrogen-bond acceptors (Lipinski definition) is 4. The highest BCUT2D eigenvalue weighted by Gasteiger charge is 2.10. The van der Waals surface area contributed by atoms with Crippen LogP contribution >= 0.6 is 0 Å². The summed E-state index contributed by atoms with van der Waals surface area (Å²) in [5, 5.41) is 28.5. The van der Waals surface area contributed by atoms with E-state index in [1.807, 2.05) is 0 Å². The van der Waals surface area contributed by atoms with Crippen LogP contribution in [0.4, 0.5) is 5.69 Å². The van der Waals surface area contributed by atoms with Gasteiger partial charge in [0.15, 0.2) is 0 Å². The summed E-state index contributed by atoms with van der Waals surface area (Å²) in [6.07, 6.45) is 1.43. The molecule has 1 aromatic carbocycles. The molecule has 0 unspecified atom stereocenters. The van der Waals surface area contributed by atoms with Crippen molar-refractivity contribution < 1.29 is 29.7 Å². The Morgan fingerprint density at radius 3 is 2.33 bits per heavy atom. The third kappa shape index (κ3) is 3.63. The molecular formula is C11H9NO6. The highest BCUT2D eigenvalue weighted by atomic mass is 16.4. The average Bonchev–Trinajstić information content (AvgIpc) is 2.28. The number of carbonyl (C=O) groups is 3. The number of hydrogen-bond donors (Lipinski definition) is 4. The third-order valence-corrected chi connectivity index (χ3v) is 1.87. The van der Waals surface area contributed by atoms with Crippen LogP contribution < -0.4 is 5.32 Å². The van der Waals surface area contributed by atoms with Crippen LogP contribution in [0.1, 0.15) is 10.4 Å². The highest BCUT2D eigenvalue weighted by Crippen LogP contribution is 2.21. The normalized spacial score (nSPS) is 10.2. The molecule has 0 heterocycles. The molecule has 0 saturated carbocycles. The van der Waals surface area contributed by atoms with E-state index in [4.69, 9.17) is 10.2 Å². The number of carboxylic acids is 2. The number of phenols is 1. The predicted molar refractivity (Wildman–Crippen MR) is 60.5 cm³/mol. The molecule has 1 rings (SSSR count). The first kappa shape index (κ1) is 13.2. The van der Waals surface area contributed by atoms with Crippen LogP contribution in [0.3, 0.4) is 0 Å². The van der Waals surface area contributed by atoms with Gasteiger partial charge in [-0.25, -0.2) is 9.59 Å². The van der Waals surface area contributed by atoms with E-state index >= 15 is 0 Å². The minimum atomic E-state index is -1.34. The molecule has 0 bridgehead atoms. The Bertz CT molecular complexity index is 534. The van der Waals surface area contributed by atoms with Crippen LogP contribution in [0.25, 0.3) is 0 Å². The molecule has 4 N–H and O–H groups in total. The second-order valence-corrected chi connectivity index (χ2v) is 3.20. The zero-order chi connectivity index (χ0) is 13.7. The van der Waals surface area contributed by atoms with Gasteiger partial charge in [-0.05, 0) is 18.2 Å². The van der Waals surface area contributed by atoms with Crippen LogP contribution in [0.2, 0.25) is 0 Å². The lowest BCUT2D eigenvalue weighted by Gasteiger charge is -2.04. The number of carbonyl (C=O) groups excluding carboxylic acids is 1. The lowest BCUT2D eigenvalue weighted by molar-refractivity contribution is -0.131. The van der Waals surface area contributed by atoms with E-state index in [0.717, 1.165) is 18.2 Å². The summed E-state index contributed by atoms with van der Waals surface area (Å²) in [5.74, 6) is -3.77. The van der Waals surface area contributed by atoms with E-state index in [1.165, 1.54) is 6.07 Å². The second kappa shape index (κ2) is 5.48. The van der Waals surface area contributed by atoms with Gasteiger partial charge >= 0.3 is 11.9 Å². The van der Waals surface area contributed by atoms with E-state index in [-0.39, 0.29) is 11.3 Å². The van der Waals surface area contributed by atoms with Gasteiger partial charge in [0.2, 0.25) is 5.91 Å². The Morgan fingerprint density at radius 1 is 1.11 bits per heavy atom. The fraction of sp³-hybridized carbons (Fsp3) is 0. The number of nitrogens with one attached hydrogen (secondary N) is 1. The summed E-state index contributed by atoms with van der Waals surface area (Å²) in [7, 11) is 0. The van der Waals surface area contributed by atoms with Crippen molar-refractivity contribution in [3.8, 4) is 5.75 Å². The van der Waals surface area contributed by atoms with Crippen molar-refractivity contribution >= 4 is 23.5 Å². The number of amides is 1. The lowest BCUT2D eigenvalue weighted by atomic mass is 10.2. The largest absolute Gasteiger partial charge is 0.507 e. The Hall–Kier alpha value is -2.83. The summed E-state index contributed by atoms with van der Waals surface area (Å²) in [6.45, 7) is 0. The molecular weight excluding hydrogens is 242 g/mol. The molecule has 94 valence electrons. The van der Waals surface area contributed by atoms with E-state index in [2.05, 4.69) is 5.32 Å². The van der Waals surface area contributed by atoms with Crippen molar-refractivity contribution in [2.75, 3.05) is 5.32 Å². The molecule has 0 aliphatic carbocycles. The standard InChI is InChI=1S/C11H9NO6/c13-8-2-1-6(5-7(8)11(17)18)12-9(14)3-4-10(15)16/h1-5,13H,(H,12,14)(H,15,16)(H,17,18)/b4-3-. The average molecular weight is 251 g/mol. The zero-order valence-electron chi connectivity index (χ0n) is 8.95. The van der Waals surface area contributed by atoms with Crippen molar-refractivity contribution in [2.24, 2.45) is 0 Å². The van der Waals surface area contributed by atoms with Crippen LogP contribution in [0.15, 0.2) is 30.4 Å². The molecule has 1 amide bonds. The molecule has 0 aliphatic rings. The number of aliphatic carboxylic acids is 1. The second-order valence-electron chi connectivity index (χ2n) is 3.20. The maximum atomic E-state index is 11.2. The number of anilines is 1. The van der Waals surface area contributed by atoms with E-state index < -0.39 is 23.6 Å². The number of aromatic hydroxyl groups is 1. The van der Waals surface area contributed by atoms with Crippen LogP contribution in [-0.2, 0) is 9.59 Å². The Balaban J connectivity index is 2.86. The maximum absolute atomic E-state index is 11.2. The van der Waals surface area contributed by atoms with Crippen LogP contribution in [0.5, 0.6) is 5.75 Å². The van der Waals surface area contributed by atoms with Gasteiger partial charge in [0.25, 0.3) is 0 Å². The molecule has 0 fully saturated rings. The van der Waals surface area contributed by atoms with E-state index in [0.29, 0.717) is 6.08 Å². The first-order valence-corrected chi connectivity index (χ1v) is 4.68. The molecule has 0 aliphatic heterocycles. The van der Waals surface area contributed by atoms with Gasteiger partial charge in [0.1, 0.15) is 11.3 Å². The van der Waals surface area contributed by atoms with Crippen LogP contribution in [0, 0.1) is 0 Å². The van der Waals surface area contributed by atoms with Crippen molar-refractivity contribution in [3.63, 3.8) is 0 Å².